The number of para-hydroxylation sites is 1. The van der Waals surface area contributed by atoms with Crippen LogP contribution in [0.3, 0.4) is 0 Å². The molecule has 3 aromatic rings. The maximum atomic E-state index is 13.1. The largest absolute Gasteiger partial charge is 0.339 e. The van der Waals surface area contributed by atoms with Gasteiger partial charge in [-0.2, -0.15) is 5.10 Å². The second kappa shape index (κ2) is 7.72. The first-order valence-corrected chi connectivity index (χ1v) is 11.2. The average molecular weight is 421 g/mol. The first-order valence-electron chi connectivity index (χ1n) is 10.3. The Morgan fingerprint density at radius 3 is 2.43 bits per heavy atom. The Kier molecular flexibility index (Phi) is 4.90. The summed E-state index contributed by atoms with van der Waals surface area (Å²) in [6.07, 6.45) is 2.61. The molecule has 0 spiro atoms. The second-order valence-electron chi connectivity index (χ2n) is 7.97. The lowest BCUT2D eigenvalue weighted by atomic mass is 10.2. The van der Waals surface area contributed by atoms with Crippen LogP contribution in [-0.4, -0.2) is 57.6 Å². The van der Waals surface area contributed by atoms with Gasteiger partial charge in [0.25, 0.3) is 5.91 Å². The second-order valence-corrected chi connectivity index (χ2v) is 8.95. The number of piperazine rings is 1. The lowest BCUT2D eigenvalue weighted by molar-refractivity contribution is -0.134. The molecular weight excluding hydrogens is 396 g/mol. The van der Waals surface area contributed by atoms with E-state index in [-0.39, 0.29) is 17.7 Å². The zero-order chi connectivity index (χ0) is 20.7. The molecule has 2 aliphatic rings. The molecule has 1 saturated carbocycles. The summed E-state index contributed by atoms with van der Waals surface area (Å²) in [5.41, 5.74) is 2.40. The van der Waals surface area contributed by atoms with Gasteiger partial charge >= 0.3 is 0 Å². The number of carbonyl (C=O) groups excluding carboxylic acids is 2. The van der Waals surface area contributed by atoms with Crippen LogP contribution < -0.4 is 0 Å². The van der Waals surface area contributed by atoms with E-state index in [1.54, 1.807) is 22.2 Å². The van der Waals surface area contributed by atoms with Gasteiger partial charge in [0.1, 0.15) is 0 Å². The maximum Gasteiger partial charge on any atom is 0.257 e. The SMILES string of the molecule is Cc1c(C(=O)N2CCN(C(=O)[C@H]3C[C@H]3c3cccs3)CC2)cnn1-c1ccccc1. The minimum absolute atomic E-state index is 0.00957. The smallest absolute Gasteiger partial charge is 0.257 e. The third-order valence-electron chi connectivity index (χ3n) is 6.14. The molecule has 2 fully saturated rings. The molecule has 2 atom stereocenters. The highest BCUT2D eigenvalue weighted by molar-refractivity contribution is 7.10. The lowest BCUT2D eigenvalue weighted by Gasteiger charge is -2.35. The molecule has 6 nitrogen and oxygen atoms in total. The van der Waals surface area contributed by atoms with E-state index in [4.69, 9.17) is 0 Å². The highest BCUT2D eigenvalue weighted by Crippen LogP contribution is 2.50. The molecule has 3 heterocycles. The number of aromatic nitrogens is 2. The monoisotopic (exact) mass is 420 g/mol. The van der Waals surface area contributed by atoms with Gasteiger partial charge in [0.05, 0.1) is 23.1 Å². The molecule has 0 bridgehead atoms. The summed E-state index contributed by atoms with van der Waals surface area (Å²) >= 11 is 1.73. The summed E-state index contributed by atoms with van der Waals surface area (Å²) in [4.78, 5) is 31.0. The van der Waals surface area contributed by atoms with Crippen LogP contribution in [0.25, 0.3) is 5.69 Å². The van der Waals surface area contributed by atoms with Crippen molar-refractivity contribution >= 4 is 23.2 Å². The Labute approximate surface area is 179 Å². The van der Waals surface area contributed by atoms with Crippen LogP contribution in [0, 0.1) is 12.8 Å². The fraction of sp³-hybridized carbons (Fsp3) is 0.348. The highest BCUT2D eigenvalue weighted by atomic mass is 32.1. The maximum absolute atomic E-state index is 13.1. The molecule has 30 heavy (non-hydrogen) atoms. The van der Waals surface area contributed by atoms with Gasteiger partial charge in [0.2, 0.25) is 5.91 Å². The van der Waals surface area contributed by atoms with Crippen LogP contribution in [0.15, 0.2) is 54.0 Å². The van der Waals surface area contributed by atoms with Crippen molar-refractivity contribution in [3.63, 3.8) is 0 Å². The number of nitrogens with zero attached hydrogens (tertiary/aromatic N) is 4. The quantitative estimate of drug-likeness (QED) is 0.651. The van der Waals surface area contributed by atoms with Gasteiger partial charge in [-0.1, -0.05) is 24.3 Å². The molecule has 7 heteroatoms. The van der Waals surface area contributed by atoms with Gasteiger partial charge in [-0.05, 0) is 36.9 Å². The van der Waals surface area contributed by atoms with E-state index in [9.17, 15) is 9.59 Å². The van der Waals surface area contributed by atoms with E-state index in [1.165, 1.54) is 4.88 Å². The number of hydrogen-bond acceptors (Lipinski definition) is 4. The topological polar surface area (TPSA) is 58.4 Å². The van der Waals surface area contributed by atoms with E-state index in [2.05, 4.69) is 16.5 Å². The Bertz CT molecular complexity index is 1050. The summed E-state index contributed by atoms with van der Waals surface area (Å²) in [6, 6.07) is 14.0. The molecule has 1 aliphatic heterocycles. The molecule has 0 unspecified atom stereocenters. The van der Waals surface area contributed by atoms with Crippen molar-refractivity contribution in [1.82, 2.24) is 19.6 Å². The fourth-order valence-corrected chi connectivity index (χ4v) is 5.18. The van der Waals surface area contributed by atoms with E-state index in [0.717, 1.165) is 17.8 Å². The number of hydrogen-bond donors (Lipinski definition) is 0. The van der Waals surface area contributed by atoms with Crippen molar-refractivity contribution in [3.8, 4) is 5.69 Å². The predicted octanol–water partition coefficient (Wildman–Crippen LogP) is 3.33. The normalized spacial score (nSPS) is 21.0. The summed E-state index contributed by atoms with van der Waals surface area (Å²) in [7, 11) is 0. The van der Waals surface area contributed by atoms with Crippen LogP contribution in [0.1, 0.15) is 33.3 Å². The van der Waals surface area contributed by atoms with Gasteiger partial charge in [-0.15, -0.1) is 11.3 Å². The number of carbonyl (C=O) groups is 2. The van der Waals surface area contributed by atoms with E-state index < -0.39 is 0 Å². The number of amides is 2. The molecule has 2 aromatic heterocycles. The van der Waals surface area contributed by atoms with Crippen LogP contribution >= 0.6 is 11.3 Å². The summed E-state index contributed by atoms with van der Waals surface area (Å²) < 4.78 is 1.80. The molecule has 5 rings (SSSR count). The van der Waals surface area contributed by atoms with Crippen molar-refractivity contribution in [1.29, 1.82) is 0 Å². The molecule has 1 saturated heterocycles. The van der Waals surface area contributed by atoms with Crippen LogP contribution in [0.4, 0.5) is 0 Å². The van der Waals surface area contributed by atoms with Crippen LogP contribution in [0.2, 0.25) is 0 Å². The van der Waals surface area contributed by atoms with Gasteiger partial charge < -0.3 is 9.80 Å². The highest BCUT2D eigenvalue weighted by Gasteiger charge is 2.46. The Hall–Kier alpha value is -2.93. The molecule has 154 valence electrons. The van der Waals surface area contributed by atoms with Gasteiger partial charge in [0.15, 0.2) is 0 Å². The number of thiophene rings is 1. The van der Waals surface area contributed by atoms with Crippen LogP contribution in [0.5, 0.6) is 0 Å². The Morgan fingerprint density at radius 2 is 1.73 bits per heavy atom. The molecular formula is C23H24N4O2S. The van der Waals surface area contributed by atoms with Crippen molar-refractivity contribution in [3.05, 3.63) is 70.2 Å². The first-order chi connectivity index (χ1) is 14.6. The van der Waals surface area contributed by atoms with Gasteiger partial charge in [-0.25, -0.2) is 4.68 Å². The molecule has 0 N–H and O–H groups in total. The number of benzene rings is 1. The first kappa shape index (κ1) is 19.1. The van der Waals surface area contributed by atoms with Gasteiger partial charge in [0, 0.05) is 42.9 Å². The fourth-order valence-electron chi connectivity index (χ4n) is 4.27. The average Bonchev–Trinajstić information content (AvgIpc) is 3.20. The molecule has 1 aliphatic carbocycles. The molecule has 2 amide bonds. The third kappa shape index (κ3) is 3.43. The minimum atomic E-state index is -0.00957. The lowest BCUT2D eigenvalue weighted by Crippen LogP contribution is -2.51. The Balaban J connectivity index is 1.21. The number of rotatable bonds is 4. The minimum Gasteiger partial charge on any atom is -0.339 e. The van der Waals surface area contributed by atoms with Crippen LogP contribution in [-0.2, 0) is 4.79 Å². The zero-order valence-corrected chi connectivity index (χ0v) is 17.7. The third-order valence-corrected chi connectivity index (χ3v) is 7.14. The summed E-state index contributed by atoms with van der Waals surface area (Å²) in [6.45, 7) is 4.26. The van der Waals surface area contributed by atoms with Crippen molar-refractivity contribution < 1.29 is 9.59 Å². The van der Waals surface area contributed by atoms with Gasteiger partial charge in [-0.3, -0.25) is 9.59 Å². The van der Waals surface area contributed by atoms with Crippen molar-refractivity contribution in [2.45, 2.75) is 19.3 Å². The van der Waals surface area contributed by atoms with E-state index in [0.29, 0.717) is 37.7 Å². The van der Waals surface area contributed by atoms with E-state index in [1.807, 2.05) is 53.1 Å². The van der Waals surface area contributed by atoms with Crippen molar-refractivity contribution in [2.24, 2.45) is 5.92 Å². The summed E-state index contributed by atoms with van der Waals surface area (Å²) in [5, 5.41) is 6.49. The molecule has 0 radical (unpaired) electrons. The standard InChI is InChI=1S/C23H24N4O2S/c1-16-20(15-24-27(16)17-6-3-2-4-7-17)23(29)26-11-9-25(10-12-26)22(28)19-14-18(19)21-8-5-13-30-21/h2-8,13,15,18-19H,9-12,14H2,1H3/t18-,19+/m1/s1. The molecule has 1 aromatic carbocycles. The predicted molar refractivity (Wildman–Crippen MR) is 116 cm³/mol. The van der Waals surface area contributed by atoms with Crippen molar-refractivity contribution in [2.75, 3.05) is 26.2 Å². The Morgan fingerprint density at radius 1 is 1.00 bits per heavy atom. The zero-order valence-electron chi connectivity index (χ0n) is 16.9. The van der Waals surface area contributed by atoms with E-state index >= 15 is 0 Å². The summed E-state index contributed by atoms with van der Waals surface area (Å²) in [5.74, 6) is 0.749.